The Morgan fingerprint density at radius 1 is 1.16 bits per heavy atom. The molecule has 0 saturated carbocycles. The van der Waals surface area contributed by atoms with Crippen LogP contribution >= 0.6 is 11.3 Å². The molecule has 0 aliphatic carbocycles. The number of ether oxygens (including phenoxy) is 1. The van der Waals surface area contributed by atoms with Crippen LogP contribution in [0.4, 0.5) is 15.2 Å². The maximum absolute atomic E-state index is 13.2. The standard InChI is InChI=1S/C21H18FN5O4S/c22-17-11-24-21(32-17)26-20(29)18(27-31-15-8-10-30-12-15)13-4-6-14(7-5-13)25-19(28)16-3-1-2-9-23-16/h1-7,9,11,15H,8,10,12H2,(H,25,28)(H,24,26,29)/b27-18+/t15-/m1/s1. The van der Waals surface area contributed by atoms with Crippen LogP contribution in [0.3, 0.4) is 0 Å². The summed E-state index contributed by atoms with van der Waals surface area (Å²) in [6, 6.07) is 11.5. The van der Waals surface area contributed by atoms with E-state index in [1.54, 1.807) is 42.5 Å². The van der Waals surface area contributed by atoms with E-state index in [2.05, 4.69) is 25.8 Å². The van der Waals surface area contributed by atoms with Crippen LogP contribution in [0.15, 0.2) is 60.0 Å². The van der Waals surface area contributed by atoms with E-state index in [1.807, 2.05) is 0 Å². The molecule has 3 heterocycles. The van der Waals surface area contributed by atoms with Crippen molar-refractivity contribution >= 4 is 39.7 Å². The van der Waals surface area contributed by atoms with Gasteiger partial charge in [-0.15, -0.1) is 0 Å². The van der Waals surface area contributed by atoms with E-state index in [4.69, 9.17) is 9.57 Å². The third-order valence-corrected chi connectivity index (χ3v) is 5.11. The van der Waals surface area contributed by atoms with E-state index >= 15 is 0 Å². The second-order valence-electron chi connectivity index (χ2n) is 6.70. The Kier molecular flexibility index (Phi) is 6.78. The van der Waals surface area contributed by atoms with Gasteiger partial charge in [0.2, 0.25) is 0 Å². The molecule has 0 spiro atoms. The van der Waals surface area contributed by atoms with Crippen molar-refractivity contribution in [2.24, 2.45) is 5.16 Å². The van der Waals surface area contributed by atoms with Crippen LogP contribution in [0.1, 0.15) is 22.5 Å². The molecule has 3 aromatic rings. The van der Waals surface area contributed by atoms with Gasteiger partial charge in [-0.3, -0.25) is 19.9 Å². The van der Waals surface area contributed by atoms with Crippen molar-refractivity contribution in [2.75, 3.05) is 23.8 Å². The van der Waals surface area contributed by atoms with Gasteiger partial charge in [0.1, 0.15) is 5.69 Å². The monoisotopic (exact) mass is 455 g/mol. The molecule has 1 fully saturated rings. The van der Waals surface area contributed by atoms with E-state index in [9.17, 15) is 14.0 Å². The summed E-state index contributed by atoms with van der Waals surface area (Å²) in [4.78, 5) is 38.3. The molecule has 2 amide bonds. The highest BCUT2D eigenvalue weighted by molar-refractivity contribution is 7.14. The lowest BCUT2D eigenvalue weighted by atomic mass is 10.1. The molecule has 32 heavy (non-hydrogen) atoms. The van der Waals surface area contributed by atoms with Crippen LogP contribution in [0, 0.1) is 5.13 Å². The van der Waals surface area contributed by atoms with Gasteiger partial charge in [0.25, 0.3) is 11.8 Å². The highest BCUT2D eigenvalue weighted by Crippen LogP contribution is 2.18. The van der Waals surface area contributed by atoms with Crippen LogP contribution in [-0.4, -0.2) is 46.8 Å². The minimum absolute atomic E-state index is 0.0184. The average molecular weight is 455 g/mol. The lowest BCUT2D eigenvalue weighted by molar-refractivity contribution is -0.110. The molecule has 2 aromatic heterocycles. The molecule has 11 heteroatoms. The summed E-state index contributed by atoms with van der Waals surface area (Å²) in [5.41, 5.74) is 1.21. The first-order valence-electron chi connectivity index (χ1n) is 9.65. The molecule has 2 N–H and O–H groups in total. The molecule has 1 aliphatic rings. The van der Waals surface area contributed by atoms with Gasteiger partial charge >= 0.3 is 0 Å². The quantitative estimate of drug-likeness (QED) is 0.418. The summed E-state index contributed by atoms with van der Waals surface area (Å²) >= 11 is 0.700. The van der Waals surface area contributed by atoms with Gasteiger partial charge in [0, 0.05) is 23.9 Å². The summed E-state index contributed by atoms with van der Waals surface area (Å²) in [6.07, 6.45) is 2.95. The zero-order chi connectivity index (χ0) is 22.3. The van der Waals surface area contributed by atoms with Gasteiger partial charge in [0.15, 0.2) is 22.1 Å². The minimum Gasteiger partial charge on any atom is -0.389 e. The first-order chi connectivity index (χ1) is 15.6. The number of pyridine rings is 1. The number of aromatic nitrogens is 2. The van der Waals surface area contributed by atoms with Crippen molar-refractivity contribution < 1.29 is 23.6 Å². The molecule has 1 aromatic carbocycles. The Labute approximate surface area is 186 Å². The molecule has 1 atom stereocenters. The van der Waals surface area contributed by atoms with Crippen LogP contribution in [0.25, 0.3) is 0 Å². The predicted molar refractivity (Wildman–Crippen MR) is 116 cm³/mol. The Morgan fingerprint density at radius 2 is 2.00 bits per heavy atom. The van der Waals surface area contributed by atoms with E-state index in [0.717, 1.165) is 6.20 Å². The summed E-state index contributed by atoms with van der Waals surface area (Å²) < 4.78 is 18.5. The number of amides is 2. The third kappa shape index (κ3) is 5.50. The average Bonchev–Trinajstić information content (AvgIpc) is 3.47. The number of carbonyl (C=O) groups is 2. The summed E-state index contributed by atoms with van der Waals surface area (Å²) in [5.74, 6) is -0.969. The Hall–Kier alpha value is -3.70. The number of halogens is 1. The fraction of sp³-hybridized carbons (Fsp3) is 0.190. The predicted octanol–water partition coefficient (Wildman–Crippen LogP) is 3.08. The Balaban J connectivity index is 1.51. The van der Waals surface area contributed by atoms with E-state index in [0.29, 0.717) is 42.2 Å². The number of carbonyl (C=O) groups excluding carboxylic acids is 2. The van der Waals surface area contributed by atoms with Gasteiger partial charge in [0.05, 0.1) is 19.4 Å². The van der Waals surface area contributed by atoms with Crippen molar-refractivity contribution in [3.05, 3.63) is 71.2 Å². The lowest BCUT2D eigenvalue weighted by Crippen LogP contribution is -2.25. The van der Waals surface area contributed by atoms with Crippen molar-refractivity contribution in [2.45, 2.75) is 12.5 Å². The van der Waals surface area contributed by atoms with Crippen LogP contribution in [0.2, 0.25) is 0 Å². The Morgan fingerprint density at radius 3 is 2.66 bits per heavy atom. The molecule has 1 aliphatic heterocycles. The molecule has 0 radical (unpaired) electrons. The third-order valence-electron chi connectivity index (χ3n) is 4.41. The van der Waals surface area contributed by atoms with Crippen molar-refractivity contribution in [1.29, 1.82) is 0 Å². The zero-order valence-electron chi connectivity index (χ0n) is 16.7. The molecule has 164 valence electrons. The summed E-state index contributed by atoms with van der Waals surface area (Å²) in [7, 11) is 0. The highest BCUT2D eigenvalue weighted by atomic mass is 32.1. The number of oxime groups is 1. The number of hydrogen-bond acceptors (Lipinski definition) is 8. The number of nitrogens with zero attached hydrogens (tertiary/aromatic N) is 3. The van der Waals surface area contributed by atoms with Crippen molar-refractivity contribution in [3.63, 3.8) is 0 Å². The first-order valence-corrected chi connectivity index (χ1v) is 10.5. The van der Waals surface area contributed by atoms with Gasteiger partial charge < -0.3 is 14.9 Å². The van der Waals surface area contributed by atoms with Crippen LogP contribution in [-0.2, 0) is 14.4 Å². The maximum atomic E-state index is 13.2. The SMILES string of the molecule is O=C(Nc1ncc(F)s1)/C(=N/O[C@@H]1CCOC1)c1ccc(NC(=O)c2ccccn2)cc1. The van der Waals surface area contributed by atoms with E-state index in [1.165, 1.54) is 6.20 Å². The fourth-order valence-electron chi connectivity index (χ4n) is 2.82. The minimum atomic E-state index is -0.608. The molecule has 1 saturated heterocycles. The van der Waals surface area contributed by atoms with Gasteiger partial charge in [-0.1, -0.05) is 34.7 Å². The van der Waals surface area contributed by atoms with Crippen LogP contribution < -0.4 is 10.6 Å². The number of nitrogens with one attached hydrogen (secondary N) is 2. The fourth-order valence-corrected chi connectivity index (χ4v) is 3.36. The van der Waals surface area contributed by atoms with Gasteiger partial charge in [-0.05, 0) is 24.3 Å². The molecular weight excluding hydrogens is 437 g/mol. The maximum Gasteiger partial charge on any atom is 0.280 e. The van der Waals surface area contributed by atoms with Gasteiger partial charge in [-0.25, -0.2) is 4.98 Å². The first kappa shape index (κ1) is 21.5. The summed E-state index contributed by atoms with van der Waals surface area (Å²) in [6.45, 7) is 0.944. The van der Waals surface area contributed by atoms with Crippen molar-refractivity contribution in [1.82, 2.24) is 9.97 Å². The number of anilines is 2. The van der Waals surface area contributed by atoms with E-state index < -0.39 is 11.0 Å². The highest BCUT2D eigenvalue weighted by Gasteiger charge is 2.21. The van der Waals surface area contributed by atoms with Gasteiger partial charge in [-0.2, -0.15) is 4.39 Å². The van der Waals surface area contributed by atoms with Crippen molar-refractivity contribution in [3.8, 4) is 0 Å². The van der Waals surface area contributed by atoms with E-state index in [-0.39, 0.29) is 28.5 Å². The Bertz CT molecular complexity index is 1110. The topological polar surface area (TPSA) is 115 Å². The largest absolute Gasteiger partial charge is 0.389 e. The summed E-state index contributed by atoms with van der Waals surface area (Å²) in [5, 5.41) is 8.85. The van der Waals surface area contributed by atoms with Crippen LogP contribution in [0.5, 0.6) is 0 Å². The molecule has 4 rings (SSSR count). The zero-order valence-corrected chi connectivity index (χ0v) is 17.5. The number of benzene rings is 1. The normalized spacial score (nSPS) is 15.9. The number of rotatable bonds is 7. The second-order valence-corrected chi connectivity index (χ2v) is 7.68. The smallest absolute Gasteiger partial charge is 0.280 e. The lowest BCUT2D eigenvalue weighted by Gasteiger charge is -2.10. The number of thiazole rings is 1. The molecule has 0 bridgehead atoms. The number of hydrogen-bond donors (Lipinski definition) is 2. The molecule has 0 unspecified atom stereocenters. The molecule has 9 nitrogen and oxygen atoms in total. The second kappa shape index (κ2) is 10.1. The molecular formula is C21H18FN5O4S.